The van der Waals surface area contributed by atoms with Crippen LogP contribution >= 0.6 is 0 Å². The van der Waals surface area contributed by atoms with Gasteiger partial charge in [0.2, 0.25) is 5.91 Å². The third kappa shape index (κ3) is 2.68. The van der Waals surface area contributed by atoms with E-state index in [4.69, 9.17) is 4.98 Å². The van der Waals surface area contributed by atoms with Crippen LogP contribution in [0.25, 0.3) is 11.0 Å². The average Bonchev–Trinajstić information content (AvgIpc) is 2.98. The fourth-order valence-electron chi connectivity index (χ4n) is 3.50. The van der Waals surface area contributed by atoms with E-state index in [1.54, 1.807) is 0 Å². The number of nitrogens with one attached hydrogen (secondary N) is 1. The summed E-state index contributed by atoms with van der Waals surface area (Å²) in [5.41, 5.74) is 4.58. The van der Waals surface area contributed by atoms with Gasteiger partial charge in [-0.25, -0.2) is 4.98 Å². The third-order valence-electron chi connectivity index (χ3n) is 4.95. The zero-order valence-electron chi connectivity index (χ0n) is 13.8. The number of para-hydroxylation sites is 2. The molecule has 122 valence electrons. The fourth-order valence-corrected chi connectivity index (χ4v) is 3.50. The Morgan fingerprint density at radius 1 is 1.21 bits per heavy atom. The summed E-state index contributed by atoms with van der Waals surface area (Å²) in [5.74, 6) is 1.17. The Hall–Kier alpha value is -2.62. The molecule has 4 nitrogen and oxygen atoms in total. The zero-order valence-corrected chi connectivity index (χ0v) is 13.8. The Morgan fingerprint density at radius 3 is 2.88 bits per heavy atom. The first-order valence-corrected chi connectivity index (χ1v) is 8.49. The predicted octanol–water partition coefficient (Wildman–Crippen LogP) is 3.22. The second kappa shape index (κ2) is 6.11. The van der Waals surface area contributed by atoms with Crippen LogP contribution in [0.3, 0.4) is 0 Å². The highest BCUT2D eigenvalue weighted by molar-refractivity contribution is 5.80. The third-order valence-corrected chi connectivity index (χ3v) is 4.95. The molecule has 0 fully saturated rings. The van der Waals surface area contributed by atoms with Crippen LogP contribution in [-0.4, -0.2) is 15.5 Å². The number of rotatable bonds is 3. The molecule has 4 rings (SSSR count). The summed E-state index contributed by atoms with van der Waals surface area (Å²) in [7, 11) is 0. The molecule has 0 spiro atoms. The maximum atomic E-state index is 12.6. The number of aryl methyl sites for hydroxylation is 2. The molecule has 0 aliphatic carbocycles. The maximum absolute atomic E-state index is 12.6. The minimum absolute atomic E-state index is 0.0123. The van der Waals surface area contributed by atoms with Gasteiger partial charge in [-0.2, -0.15) is 0 Å². The van der Waals surface area contributed by atoms with Crippen molar-refractivity contribution in [1.82, 2.24) is 14.9 Å². The van der Waals surface area contributed by atoms with Crippen molar-refractivity contribution >= 4 is 16.9 Å². The van der Waals surface area contributed by atoms with E-state index in [2.05, 4.69) is 35.0 Å². The largest absolute Gasteiger partial charge is 0.352 e. The standard InChI is InChI=1S/C20H21N3O/c1-14-6-2-3-7-16(14)13-21-20(24)15-10-11-23-18-9-5-4-8-17(18)22-19(23)12-15/h2-9,15H,10-13H2,1H3,(H,21,24)/t15-/m1/s1. The van der Waals surface area contributed by atoms with E-state index in [9.17, 15) is 4.79 Å². The molecule has 1 amide bonds. The number of nitrogens with zero attached hydrogens (tertiary/aromatic N) is 2. The van der Waals surface area contributed by atoms with E-state index in [1.807, 2.05) is 30.3 Å². The quantitative estimate of drug-likeness (QED) is 0.806. The summed E-state index contributed by atoms with van der Waals surface area (Å²) in [6.45, 7) is 3.53. The lowest BCUT2D eigenvalue weighted by atomic mass is 9.96. The van der Waals surface area contributed by atoms with Crippen LogP contribution in [0, 0.1) is 12.8 Å². The summed E-state index contributed by atoms with van der Waals surface area (Å²) in [4.78, 5) is 17.3. The van der Waals surface area contributed by atoms with Gasteiger partial charge in [-0.1, -0.05) is 36.4 Å². The van der Waals surface area contributed by atoms with Gasteiger partial charge in [0, 0.05) is 25.4 Å². The van der Waals surface area contributed by atoms with Crippen molar-refractivity contribution in [2.75, 3.05) is 0 Å². The topological polar surface area (TPSA) is 46.9 Å². The van der Waals surface area contributed by atoms with Gasteiger partial charge in [0.05, 0.1) is 11.0 Å². The average molecular weight is 319 g/mol. The normalized spacial score (nSPS) is 16.8. The van der Waals surface area contributed by atoms with Crippen LogP contribution in [0.5, 0.6) is 0 Å². The van der Waals surface area contributed by atoms with Crippen LogP contribution < -0.4 is 5.32 Å². The van der Waals surface area contributed by atoms with Crippen molar-refractivity contribution in [2.24, 2.45) is 5.92 Å². The van der Waals surface area contributed by atoms with E-state index in [0.717, 1.165) is 24.3 Å². The number of fused-ring (bicyclic) bond motifs is 3. The molecule has 4 heteroatoms. The Labute approximate surface area is 141 Å². The number of amides is 1. The number of carbonyl (C=O) groups excluding carboxylic acids is 1. The maximum Gasteiger partial charge on any atom is 0.223 e. The Morgan fingerprint density at radius 2 is 2.00 bits per heavy atom. The Balaban J connectivity index is 1.46. The first-order valence-electron chi connectivity index (χ1n) is 8.49. The molecule has 3 aromatic rings. The SMILES string of the molecule is Cc1ccccc1CNC(=O)[C@@H]1CCn2c(nc3ccccc32)C1. The van der Waals surface area contributed by atoms with E-state index in [0.29, 0.717) is 13.0 Å². The van der Waals surface area contributed by atoms with Crippen molar-refractivity contribution in [1.29, 1.82) is 0 Å². The van der Waals surface area contributed by atoms with Gasteiger partial charge in [0.15, 0.2) is 0 Å². The van der Waals surface area contributed by atoms with E-state index in [1.165, 1.54) is 16.6 Å². The van der Waals surface area contributed by atoms with Gasteiger partial charge >= 0.3 is 0 Å². The molecule has 0 saturated carbocycles. The Kier molecular flexibility index (Phi) is 3.81. The molecule has 2 aromatic carbocycles. The summed E-state index contributed by atoms with van der Waals surface area (Å²) in [6, 6.07) is 16.4. The molecule has 1 N–H and O–H groups in total. The molecule has 1 atom stereocenters. The highest BCUT2D eigenvalue weighted by Gasteiger charge is 2.26. The molecule has 0 bridgehead atoms. The smallest absolute Gasteiger partial charge is 0.223 e. The summed E-state index contributed by atoms with van der Waals surface area (Å²) >= 11 is 0. The van der Waals surface area contributed by atoms with Gasteiger partial charge in [0.1, 0.15) is 5.82 Å². The van der Waals surface area contributed by atoms with Crippen LogP contribution in [-0.2, 0) is 24.3 Å². The lowest BCUT2D eigenvalue weighted by molar-refractivity contribution is -0.125. The Bertz CT molecular complexity index is 897. The van der Waals surface area contributed by atoms with Crippen LogP contribution in [0.15, 0.2) is 48.5 Å². The number of carbonyl (C=O) groups is 1. The van der Waals surface area contributed by atoms with Gasteiger partial charge in [-0.15, -0.1) is 0 Å². The molecular weight excluding hydrogens is 298 g/mol. The number of hydrogen-bond acceptors (Lipinski definition) is 2. The predicted molar refractivity (Wildman–Crippen MR) is 94.6 cm³/mol. The van der Waals surface area contributed by atoms with Crippen molar-refractivity contribution < 1.29 is 4.79 Å². The summed E-state index contributed by atoms with van der Waals surface area (Å²) in [6.07, 6.45) is 1.58. The van der Waals surface area contributed by atoms with Crippen LogP contribution in [0.1, 0.15) is 23.4 Å². The van der Waals surface area contributed by atoms with Gasteiger partial charge in [-0.05, 0) is 36.6 Å². The second-order valence-corrected chi connectivity index (χ2v) is 6.50. The minimum atomic E-state index is 0.0123. The zero-order chi connectivity index (χ0) is 16.5. The molecular formula is C20H21N3O. The first-order chi connectivity index (χ1) is 11.7. The van der Waals surface area contributed by atoms with Crippen molar-refractivity contribution in [3.63, 3.8) is 0 Å². The molecule has 1 aliphatic heterocycles. The fraction of sp³-hybridized carbons (Fsp3) is 0.300. The van der Waals surface area contributed by atoms with Crippen LogP contribution in [0.2, 0.25) is 0 Å². The molecule has 0 saturated heterocycles. The van der Waals surface area contributed by atoms with Gasteiger partial charge in [0.25, 0.3) is 0 Å². The number of aromatic nitrogens is 2. The van der Waals surface area contributed by atoms with Crippen molar-refractivity contribution in [3.05, 3.63) is 65.5 Å². The van der Waals surface area contributed by atoms with E-state index >= 15 is 0 Å². The van der Waals surface area contributed by atoms with Crippen molar-refractivity contribution in [2.45, 2.75) is 32.9 Å². The molecule has 1 aromatic heterocycles. The first kappa shape index (κ1) is 14.9. The monoisotopic (exact) mass is 319 g/mol. The minimum Gasteiger partial charge on any atom is -0.352 e. The molecule has 2 heterocycles. The molecule has 24 heavy (non-hydrogen) atoms. The van der Waals surface area contributed by atoms with Crippen molar-refractivity contribution in [3.8, 4) is 0 Å². The summed E-state index contributed by atoms with van der Waals surface area (Å²) in [5, 5.41) is 3.10. The summed E-state index contributed by atoms with van der Waals surface area (Å²) < 4.78 is 2.25. The molecule has 0 unspecified atom stereocenters. The van der Waals surface area contributed by atoms with E-state index in [-0.39, 0.29) is 11.8 Å². The number of imidazole rings is 1. The highest BCUT2D eigenvalue weighted by Crippen LogP contribution is 2.25. The van der Waals surface area contributed by atoms with E-state index < -0.39 is 0 Å². The van der Waals surface area contributed by atoms with Gasteiger partial charge < -0.3 is 9.88 Å². The number of benzene rings is 2. The lowest BCUT2D eigenvalue weighted by Gasteiger charge is -2.23. The highest BCUT2D eigenvalue weighted by atomic mass is 16.1. The van der Waals surface area contributed by atoms with Crippen LogP contribution in [0.4, 0.5) is 0 Å². The molecule has 1 aliphatic rings. The number of hydrogen-bond donors (Lipinski definition) is 1. The second-order valence-electron chi connectivity index (χ2n) is 6.50. The molecule has 0 radical (unpaired) electrons. The van der Waals surface area contributed by atoms with Gasteiger partial charge in [-0.3, -0.25) is 4.79 Å². The lowest BCUT2D eigenvalue weighted by Crippen LogP contribution is -2.35.